The van der Waals surface area contributed by atoms with E-state index in [4.69, 9.17) is 18.9 Å². The second-order valence-corrected chi connectivity index (χ2v) is 15.2. The predicted molar refractivity (Wildman–Crippen MR) is 204 cm³/mol. The second kappa shape index (κ2) is 19.9. The van der Waals surface area contributed by atoms with Crippen LogP contribution in [0.5, 0.6) is 5.75 Å². The molecule has 1 aliphatic carbocycles. The number of rotatable bonds is 19. The molecule has 3 N–H and O–H groups in total. The normalized spacial score (nSPS) is 20.0. The molecule has 4 atom stereocenters. The lowest BCUT2D eigenvalue weighted by Gasteiger charge is -2.31. The molecule has 1 heterocycles. The number of esters is 2. The van der Waals surface area contributed by atoms with Crippen molar-refractivity contribution in [2.75, 3.05) is 6.61 Å². The number of carbonyl (C=O) groups excluding carboxylic acids is 3. The maximum atomic E-state index is 13.7. The van der Waals surface area contributed by atoms with Crippen molar-refractivity contribution < 1.29 is 43.5 Å². The van der Waals surface area contributed by atoms with Gasteiger partial charge in [-0.25, -0.2) is 4.79 Å². The first-order valence-corrected chi connectivity index (χ1v) is 19.3. The lowest BCUT2D eigenvalue weighted by Crippen LogP contribution is -2.45. The molecule has 0 unspecified atom stereocenters. The summed E-state index contributed by atoms with van der Waals surface area (Å²) in [7, 11) is 0. The summed E-state index contributed by atoms with van der Waals surface area (Å²) < 4.78 is 25.0. The molecule has 2 aromatic rings. The van der Waals surface area contributed by atoms with E-state index in [2.05, 4.69) is 19.2 Å². The van der Waals surface area contributed by atoms with Crippen LogP contribution in [0.15, 0.2) is 66.3 Å². The second-order valence-electron chi connectivity index (χ2n) is 15.2. The van der Waals surface area contributed by atoms with Gasteiger partial charge in [0.2, 0.25) is 5.91 Å². The Kier molecular flexibility index (Phi) is 15.7. The zero-order valence-electron chi connectivity index (χ0n) is 32.1. The molecule has 1 fully saturated rings. The number of aliphatic hydroxyl groups is 1. The van der Waals surface area contributed by atoms with Gasteiger partial charge < -0.3 is 34.5 Å². The van der Waals surface area contributed by atoms with Crippen molar-refractivity contribution in [1.82, 2.24) is 5.32 Å². The monoisotopic (exact) mass is 733 g/mol. The van der Waals surface area contributed by atoms with Crippen LogP contribution in [0.2, 0.25) is 0 Å². The highest BCUT2D eigenvalue weighted by molar-refractivity contribution is 5.94. The van der Waals surface area contributed by atoms with Gasteiger partial charge in [0.15, 0.2) is 5.79 Å². The van der Waals surface area contributed by atoms with Gasteiger partial charge in [0, 0.05) is 31.3 Å². The maximum Gasteiger partial charge on any atom is 0.338 e. The first kappa shape index (κ1) is 41.8. The van der Waals surface area contributed by atoms with Crippen LogP contribution in [0.1, 0.15) is 127 Å². The fraction of sp³-hybridized carbons (Fsp3) is 0.558. The number of benzene rings is 2. The van der Waals surface area contributed by atoms with Crippen molar-refractivity contribution in [2.24, 2.45) is 0 Å². The number of allylic oxidation sites excluding steroid dienone is 1. The Morgan fingerprint density at radius 3 is 2.28 bits per heavy atom. The first-order valence-electron chi connectivity index (χ1n) is 19.3. The summed E-state index contributed by atoms with van der Waals surface area (Å²) in [5, 5.41) is 23.0. The number of ether oxygens (including phenoxy) is 4. The van der Waals surface area contributed by atoms with E-state index in [1.165, 1.54) is 0 Å². The zero-order chi connectivity index (χ0) is 38.4. The summed E-state index contributed by atoms with van der Waals surface area (Å²) in [5.74, 6) is -1.97. The molecule has 1 saturated heterocycles. The molecule has 2 aliphatic rings. The number of hydrogen-bond acceptors (Lipinski definition) is 9. The van der Waals surface area contributed by atoms with E-state index in [1.807, 2.05) is 36.4 Å². The number of fused-ring (bicyclic) bond motifs is 1. The quantitative estimate of drug-likeness (QED) is 0.0977. The molecule has 10 heteroatoms. The molecular weight excluding hydrogens is 674 g/mol. The molecule has 1 aliphatic heterocycles. The van der Waals surface area contributed by atoms with Crippen molar-refractivity contribution in [3.8, 4) is 5.75 Å². The van der Waals surface area contributed by atoms with Gasteiger partial charge in [-0.15, -0.1) is 0 Å². The molecule has 1 amide bonds. The fourth-order valence-electron chi connectivity index (χ4n) is 6.71. The Balaban J connectivity index is 1.50. The highest BCUT2D eigenvalue weighted by Crippen LogP contribution is 2.43. The van der Waals surface area contributed by atoms with Crippen LogP contribution >= 0.6 is 0 Å². The lowest BCUT2D eigenvalue weighted by molar-refractivity contribution is -0.190. The number of aromatic hydroxyl groups is 1. The van der Waals surface area contributed by atoms with E-state index in [0.29, 0.717) is 30.4 Å². The van der Waals surface area contributed by atoms with Crippen molar-refractivity contribution in [2.45, 2.75) is 147 Å². The van der Waals surface area contributed by atoms with Crippen LogP contribution in [-0.4, -0.2) is 70.4 Å². The summed E-state index contributed by atoms with van der Waals surface area (Å²) in [6.45, 7) is 9.30. The average molecular weight is 734 g/mol. The number of carbonyl (C=O) groups is 3. The molecule has 4 rings (SSSR count). The van der Waals surface area contributed by atoms with Crippen LogP contribution in [0.4, 0.5) is 0 Å². The number of amides is 1. The Morgan fingerprint density at radius 2 is 1.66 bits per heavy atom. The number of para-hydroxylation sites is 1. The molecular formula is C43H59NO9. The van der Waals surface area contributed by atoms with E-state index in [9.17, 15) is 24.6 Å². The number of aliphatic hydroxyl groups excluding tert-OH is 1. The predicted octanol–water partition coefficient (Wildman–Crippen LogP) is 7.74. The Labute approximate surface area is 314 Å². The minimum Gasteiger partial charge on any atom is -0.508 e. The van der Waals surface area contributed by atoms with Gasteiger partial charge in [0.05, 0.1) is 18.2 Å². The summed E-state index contributed by atoms with van der Waals surface area (Å²) >= 11 is 0. The molecule has 2 aromatic carbocycles. The summed E-state index contributed by atoms with van der Waals surface area (Å²) in [4.78, 5) is 39.6. The van der Waals surface area contributed by atoms with Gasteiger partial charge in [-0.3, -0.25) is 9.59 Å². The van der Waals surface area contributed by atoms with E-state index in [-0.39, 0.29) is 31.6 Å². The number of phenolic OH excluding ortho intramolecular Hbond substituents is 1. The number of hydrogen-bond donors (Lipinski definition) is 3. The number of phenols is 1. The van der Waals surface area contributed by atoms with Crippen LogP contribution in [0.3, 0.4) is 0 Å². The van der Waals surface area contributed by atoms with Gasteiger partial charge in [-0.05, 0) is 81.9 Å². The molecule has 0 radical (unpaired) electrons. The highest BCUT2D eigenvalue weighted by atomic mass is 16.8. The molecule has 10 nitrogen and oxygen atoms in total. The topological polar surface area (TPSA) is 141 Å². The highest BCUT2D eigenvalue weighted by Gasteiger charge is 2.52. The minimum absolute atomic E-state index is 0.0347. The smallest absolute Gasteiger partial charge is 0.338 e. The Bertz CT molecular complexity index is 1550. The summed E-state index contributed by atoms with van der Waals surface area (Å²) in [6, 6.07) is 13.6. The van der Waals surface area contributed by atoms with E-state index < -0.39 is 53.6 Å². The van der Waals surface area contributed by atoms with Gasteiger partial charge in [0.1, 0.15) is 29.7 Å². The maximum absolute atomic E-state index is 13.7. The minimum atomic E-state index is -0.849. The van der Waals surface area contributed by atoms with Crippen molar-refractivity contribution in [3.05, 3.63) is 82.9 Å². The van der Waals surface area contributed by atoms with Gasteiger partial charge >= 0.3 is 11.9 Å². The van der Waals surface area contributed by atoms with Crippen LogP contribution in [0.25, 0.3) is 6.08 Å². The summed E-state index contributed by atoms with van der Waals surface area (Å²) in [6.07, 6.45) is 11.9. The van der Waals surface area contributed by atoms with Crippen molar-refractivity contribution in [1.29, 1.82) is 0 Å². The molecule has 0 aromatic heterocycles. The Hall–Kier alpha value is -3.99. The van der Waals surface area contributed by atoms with Crippen molar-refractivity contribution >= 4 is 23.9 Å². The molecule has 0 bridgehead atoms. The lowest BCUT2D eigenvalue weighted by atomic mass is 9.91. The number of unbranched alkanes of at least 4 members (excludes halogenated alkanes) is 4. The van der Waals surface area contributed by atoms with E-state index in [1.54, 1.807) is 51.1 Å². The van der Waals surface area contributed by atoms with Gasteiger partial charge in [0.25, 0.3) is 0 Å². The number of nitrogens with one attached hydrogen (secondary N) is 1. The van der Waals surface area contributed by atoms with Crippen LogP contribution in [-0.2, 0) is 35.0 Å². The molecule has 290 valence electrons. The van der Waals surface area contributed by atoms with Crippen LogP contribution in [0, 0.1) is 0 Å². The Morgan fingerprint density at radius 1 is 0.981 bits per heavy atom. The largest absolute Gasteiger partial charge is 0.508 e. The molecule has 0 spiro atoms. The molecule has 0 saturated carbocycles. The fourth-order valence-corrected chi connectivity index (χ4v) is 6.71. The van der Waals surface area contributed by atoms with E-state index >= 15 is 0 Å². The first-order chi connectivity index (χ1) is 25.3. The average Bonchev–Trinajstić information content (AvgIpc) is 3.49. The third-order valence-corrected chi connectivity index (χ3v) is 9.51. The van der Waals surface area contributed by atoms with Gasteiger partial charge in [-0.2, -0.15) is 0 Å². The zero-order valence-corrected chi connectivity index (χ0v) is 32.1. The van der Waals surface area contributed by atoms with Crippen LogP contribution < -0.4 is 5.32 Å². The summed E-state index contributed by atoms with van der Waals surface area (Å²) in [5.41, 5.74) is 1.80. The molecule has 53 heavy (non-hydrogen) atoms. The third kappa shape index (κ3) is 12.8. The third-order valence-electron chi connectivity index (χ3n) is 9.51. The van der Waals surface area contributed by atoms with Gasteiger partial charge in [-0.1, -0.05) is 82.0 Å². The standard InChI is InChI=1S/C43H59NO9/c1-6-8-12-25-43(26-13-9-7-2)51-37-28-33(40(48)44-34(29-45)23-24-38(47)52-42(3,4)5)27-36(39(37)53-43)50-41(49)32-21-19-30(20-22-32)15-14-17-31-16-10-11-18-35(31)46/h10-11,14-16,18-22,28,34,36-37,39,45-46H,6-9,12-13,17,23-27,29H2,1-5H3,(H,44,48)/t34-,36+,37+,39-/m0/s1. The SMILES string of the molecule is CCCCCC1(CCCCC)O[C@@H]2[C@@H](C=C(C(=O)N[C@H](CO)CCC(=O)OC(C)(C)C)C[C@H]2OC(=O)c2ccc(C=CCc3ccccc3O)cc2)O1. The van der Waals surface area contributed by atoms with E-state index in [0.717, 1.165) is 49.7 Å². The van der Waals surface area contributed by atoms with Crippen molar-refractivity contribution in [3.63, 3.8) is 0 Å².